The summed E-state index contributed by atoms with van der Waals surface area (Å²) in [6.07, 6.45) is 0. The Balaban J connectivity index is 1.41. The van der Waals surface area contributed by atoms with Crippen LogP contribution in [0.1, 0.15) is 42.9 Å². The van der Waals surface area contributed by atoms with E-state index in [0.717, 1.165) is 36.0 Å². The van der Waals surface area contributed by atoms with Crippen LogP contribution in [0.3, 0.4) is 0 Å². The zero-order valence-electron chi connectivity index (χ0n) is 17.7. The molecule has 4 rings (SSSR count). The molecule has 2 atom stereocenters. The van der Waals surface area contributed by atoms with Gasteiger partial charge in [-0.3, -0.25) is 10.2 Å². The lowest BCUT2D eigenvalue weighted by Crippen LogP contribution is -2.51. The highest BCUT2D eigenvalue weighted by Gasteiger charge is 2.37. The summed E-state index contributed by atoms with van der Waals surface area (Å²) in [6.45, 7) is 9.54. The Morgan fingerprint density at radius 3 is 2.50 bits per heavy atom. The second kappa shape index (κ2) is 8.65. The number of hydrogen-bond donors (Lipinski definition) is 2. The molecule has 8 heteroatoms. The lowest BCUT2D eigenvalue weighted by atomic mass is 9.93. The number of nitrogens with zero attached hydrogens (tertiary/aromatic N) is 4. The number of anilines is 1. The summed E-state index contributed by atoms with van der Waals surface area (Å²) in [5.41, 5.74) is 8.15. The van der Waals surface area contributed by atoms with Crippen LogP contribution in [-0.2, 0) is 4.79 Å². The minimum absolute atomic E-state index is 0.128. The van der Waals surface area contributed by atoms with Crippen LogP contribution in [0.15, 0.2) is 30.3 Å². The fourth-order valence-corrected chi connectivity index (χ4v) is 4.10. The molecule has 1 amide bonds. The summed E-state index contributed by atoms with van der Waals surface area (Å²) in [7, 11) is 0. The van der Waals surface area contributed by atoms with Gasteiger partial charge in [0.2, 0.25) is 5.91 Å². The van der Waals surface area contributed by atoms with Crippen molar-refractivity contribution in [1.82, 2.24) is 25.7 Å². The summed E-state index contributed by atoms with van der Waals surface area (Å²) in [4.78, 5) is 26.6. The average Bonchev–Trinajstić information content (AvgIpc) is 3.23. The van der Waals surface area contributed by atoms with Crippen LogP contribution in [0, 0.1) is 18.7 Å². The molecular weight excluding hydrogens is 383 g/mol. The quantitative estimate of drug-likeness (QED) is 0.802. The van der Waals surface area contributed by atoms with Crippen molar-refractivity contribution in [3.05, 3.63) is 53.2 Å². The Hall–Kier alpha value is -2.58. The van der Waals surface area contributed by atoms with E-state index in [1.54, 1.807) is 12.1 Å². The number of rotatable bonds is 4. The van der Waals surface area contributed by atoms with Gasteiger partial charge in [0.25, 0.3) is 0 Å². The monoisotopic (exact) mass is 412 g/mol. The number of amides is 1. The number of benzene rings is 1. The molecule has 0 bridgehead atoms. The van der Waals surface area contributed by atoms with Crippen LogP contribution in [0.25, 0.3) is 0 Å². The first kappa shape index (κ1) is 20.7. The van der Waals surface area contributed by atoms with Crippen molar-refractivity contribution in [3.63, 3.8) is 0 Å². The molecule has 0 saturated carbocycles. The van der Waals surface area contributed by atoms with E-state index in [0.29, 0.717) is 19.6 Å². The molecule has 2 unspecified atom stereocenters. The standard InChI is InChI=1S/C22H29FN6O/c1-14(2)21-25-15(3)12-19(26-21)28-8-10-29(11-9-28)22(30)18-13-24-27-20(18)16-4-6-17(23)7-5-16/h4-7,12,14,18,20,24,27H,8-11,13H2,1-3H3. The van der Waals surface area contributed by atoms with Gasteiger partial charge < -0.3 is 9.80 Å². The molecule has 3 heterocycles. The van der Waals surface area contributed by atoms with Crippen LogP contribution in [0.4, 0.5) is 10.2 Å². The van der Waals surface area contributed by atoms with Crippen molar-refractivity contribution in [1.29, 1.82) is 0 Å². The maximum atomic E-state index is 13.3. The first-order valence-corrected chi connectivity index (χ1v) is 10.6. The maximum absolute atomic E-state index is 13.3. The van der Waals surface area contributed by atoms with Crippen LogP contribution < -0.4 is 15.8 Å². The number of aromatic nitrogens is 2. The van der Waals surface area contributed by atoms with Crippen molar-refractivity contribution < 1.29 is 9.18 Å². The van der Waals surface area contributed by atoms with Gasteiger partial charge in [0, 0.05) is 50.4 Å². The molecule has 0 radical (unpaired) electrons. The van der Waals surface area contributed by atoms with Crippen LogP contribution >= 0.6 is 0 Å². The van der Waals surface area contributed by atoms with Crippen molar-refractivity contribution >= 4 is 11.7 Å². The molecule has 30 heavy (non-hydrogen) atoms. The van der Waals surface area contributed by atoms with Crippen molar-refractivity contribution in [3.8, 4) is 0 Å². The van der Waals surface area contributed by atoms with Crippen molar-refractivity contribution in [2.45, 2.75) is 32.7 Å². The van der Waals surface area contributed by atoms with Crippen molar-refractivity contribution in [2.75, 3.05) is 37.6 Å². The first-order valence-electron chi connectivity index (χ1n) is 10.6. The van der Waals surface area contributed by atoms with Crippen molar-refractivity contribution in [2.24, 2.45) is 5.92 Å². The molecule has 7 nitrogen and oxygen atoms in total. The fraction of sp³-hybridized carbons (Fsp3) is 0.500. The largest absolute Gasteiger partial charge is 0.353 e. The third kappa shape index (κ3) is 4.29. The van der Waals surface area contributed by atoms with Gasteiger partial charge in [-0.2, -0.15) is 0 Å². The third-order valence-electron chi connectivity index (χ3n) is 5.82. The highest BCUT2D eigenvalue weighted by molar-refractivity contribution is 5.80. The highest BCUT2D eigenvalue weighted by atomic mass is 19.1. The molecule has 1 aromatic carbocycles. The molecule has 2 saturated heterocycles. The predicted octanol–water partition coefficient (Wildman–Crippen LogP) is 2.16. The van der Waals surface area contributed by atoms with E-state index in [1.165, 1.54) is 12.1 Å². The summed E-state index contributed by atoms with van der Waals surface area (Å²) < 4.78 is 13.3. The lowest BCUT2D eigenvalue weighted by molar-refractivity contribution is -0.135. The van der Waals surface area contributed by atoms with Gasteiger partial charge in [-0.15, -0.1) is 0 Å². The second-order valence-electron chi connectivity index (χ2n) is 8.35. The van der Waals surface area contributed by atoms with Crippen LogP contribution in [0.5, 0.6) is 0 Å². The number of nitrogens with one attached hydrogen (secondary N) is 2. The smallest absolute Gasteiger partial charge is 0.229 e. The van der Waals surface area contributed by atoms with Gasteiger partial charge in [0.05, 0.1) is 12.0 Å². The van der Waals surface area contributed by atoms with Gasteiger partial charge >= 0.3 is 0 Å². The van der Waals surface area contributed by atoms with E-state index >= 15 is 0 Å². The van der Waals surface area contributed by atoms with E-state index in [9.17, 15) is 9.18 Å². The predicted molar refractivity (Wildman–Crippen MR) is 113 cm³/mol. The Morgan fingerprint density at radius 2 is 1.83 bits per heavy atom. The van der Waals surface area contributed by atoms with Gasteiger partial charge in [-0.05, 0) is 24.6 Å². The molecule has 160 valence electrons. The Labute approximate surface area is 176 Å². The van der Waals surface area contributed by atoms with E-state index in [1.807, 2.05) is 17.9 Å². The average molecular weight is 413 g/mol. The lowest BCUT2D eigenvalue weighted by Gasteiger charge is -2.37. The molecule has 2 aliphatic heterocycles. The molecular formula is C22H29FN6O. The molecule has 2 N–H and O–H groups in total. The number of hydrazine groups is 1. The third-order valence-corrected chi connectivity index (χ3v) is 5.82. The van der Waals surface area contributed by atoms with Gasteiger partial charge in [0.1, 0.15) is 17.5 Å². The molecule has 0 spiro atoms. The van der Waals surface area contributed by atoms with Crippen LogP contribution in [0.2, 0.25) is 0 Å². The Morgan fingerprint density at radius 1 is 1.13 bits per heavy atom. The van der Waals surface area contributed by atoms with E-state index in [2.05, 4.69) is 34.6 Å². The first-order chi connectivity index (χ1) is 14.4. The van der Waals surface area contributed by atoms with Crippen LogP contribution in [-0.4, -0.2) is 53.5 Å². The Kier molecular flexibility index (Phi) is 5.97. The van der Waals surface area contributed by atoms with Gasteiger partial charge in [0.15, 0.2) is 0 Å². The summed E-state index contributed by atoms with van der Waals surface area (Å²) >= 11 is 0. The number of hydrogen-bond acceptors (Lipinski definition) is 6. The minimum atomic E-state index is -0.274. The minimum Gasteiger partial charge on any atom is -0.353 e. The number of halogens is 1. The summed E-state index contributed by atoms with van der Waals surface area (Å²) in [5, 5.41) is 0. The zero-order valence-corrected chi connectivity index (χ0v) is 17.7. The molecule has 0 aliphatic carbocycles. The van der Waals surface area contributed by atoms with E-state index in [-0.39, 0.29) is 29.6 Å². The second-order valence-corrected chi connectivity index (χ2v) is 8.35. The number of piperazine rings is 1. The van der Waals surface area contributed by atoms with E-state index in [4.69, 9.17) is 4.98 Å². The SMILES string of the molecule is Cc1cc(N2CCN(C(=O)C3CNNC3c3ccc(F)cc3)CC2)nc(C(C)C)n1. The molecule has 1 aromatic heterocycles. The fourth-order valence-electron chi connectivity index (χ4n) is 4.10. The highest BCUT2D eigenvalue weighted by Crippen LogP contribution is 2.27. The van der Waals surface area contributed by atoms with Gasteiger partial charge in [-0.1, -0.05) is 26.0 Å². The normalized spacial score (nSPS) is 22.0. The maximum Gasteiger partial charge on any atom is 0.229 e. The summed E-state index contributed by atoms with van der Waals surface area (Å²) in [6, 6.07) is 8.20. The number of aryl methyl sites for hydroxylation is 1. The number of carbonyl (C=O) groups is 1. The topological polar surface area (TPSA) is 73.4 Å². The van der Waals surface area contributed by atoms with Gasteiger partial charge in [-0.25, -0.2) is 19.8 Å². The number of carbonyl (C=O) groups excluding carboxylic acids is 1. The molecule has 2 aliphatic rings. The summed E-state index contributed by atoms with van der Waals surface area (Å²) in [5.74, 6) is 1.71. The molecule has 2 aromatic rings. The molecule has 2 fully saturated rings. The Bertz CT molecular complexity index is 895. The zero-order chi connectivity index (χ0) is 21.3. The van der Waals surface area contributed by atoms with E-state index < -0.39 is 0 Å².